The highest BCUT2D eigenvalue weighted by molar-refractivity contribution is 6.33. The Kier molecular flexibility index (Phi) is 4.92. The first-order chi connectivity index (χ1) is 12.8. The molecule has 0 radical (unpaired) electrons. The standard InChI is InChI=1S/C18H21ClN6O/c19-14-10-12(3-4-15(14)23-24-20)16-11-17-13(2-1-5-21-17)18(22-16)25-6-8-26-9-7-25/h1-5,10-11,17-18,21-22H,6-9H2,(H2,20,23). The van der Waals surface area contributed by atoms with Crippen LogP contribution in [0.25, 0.3) is 5.70 Å². The van der Waals surface area contributed by atoms with Crippen LogP contribution in [-0.2, 0) is 4.74 Å². The van der Waals surface area contributed by atoms with Crippen molar-refractivity contribution in [1.82, 2.24) is 15.5 Å². The SMILES string of the molecule is NN=Nc1ccc(C2=CC3NC=CC=C3C(N3CCOCC3)N2)cc1Cl. The van der Waals surface area contributed by atoms with E-state index in [9.17, 15) is 0 Å². The predicted octanol–water partition coefficient (Wildman–Crippen LogP) is 2.31. The highest BCUT2D eigenvalue weighted by Gasteiger charge is 2.33. The van der Waals surface area contributed by atoms with E-state index in [1.165, 1.54) is 5.57 Å². The molecule has 7 nitrogen and oxygen atoms in total. The number of morpholine rings is 1. The van der Waals surface area contributed by atoms with Gasteiger partial charge in [-0.25, -0.2) is 0 Å². The summed E-state index contributed by atoms with van der Waals surface area (Å²) in [4.78, 5) is 2.41. The maximum Gasteiger partial charge on any atom is 0.106 e. The number of halogens is 1. The molecule has 8 heteroatoms. The molecule has 1 saturated heterocycles. The molecule has 4 rings (SSSR count). The molecule has 1 aromatic carbocycles. The van der Waals surface area contributed by atoms with Crippen molar-refractivity contribution in [3.63, 3.8) is 0 Å². The van der Waals surface area contributed by atoms with Gasteiger partial charge in [0, 0.05) is 18.8 Å². The number of rotatable bonds is 3. The number of ether oxygens (including phenoxy) is 1. The molecule has 0 saturated carbocycles. The van der Waals surface area contributed by atoms with Crippen LogP contribution in [0.5, 0.6) is 0 Å². The highest BCUT2D eigenvalue weighted by Crippen LogP contribution is 2.32. The summed E-state index contributed by atoms with van der Waals surface area (Å²) < 4.78 is 5.51. The summed E-state index contributed by atoms with van der Waals surface area (Å²) in [5.74, 6) is 5.12. The lowest BCUT2D eigenvalue weighted by atomic mass is 9.93. The fourth-order valence-electron chi connectivity index (χ4n) is 3.50. The van der Waals surface area contributed by atoms with Crippen LogP contribution in [0.4, 0.5) is 5.69 Å². The molecule has 3 aliphatic heterocycles. The third-order valence-electron chi connectivity index (χ3n) is 4.80. The highest BCUT2D eigenvalue weighted by atomic mass is 35.5. The molecule has 0 amide bonds. The monoisotopic (exact) mass is 372 g/mol. The Balaban J connectivity index is 1.66. The van der Waals surface area contributed by atoms with E-state index in [2.05, 4.69) is 38.0 Å². The van der Waals surface area contributed by atoms with Crippen molar-refractivity contribution in [1.29, 1.82) is 0 Å². The fourth-order valence-corrected chi connectivity index (χ4v) is 3.72. The molecule has 2 atom stereocenters. The Bertz CT molecular complexity index is 797. The second kappa shape index (κ2) is 7.49. The molecule has 0 aliphatic carbocycles. The number of dihydropyridines is 1. The van der Waals surface area contributed by atoms with Gasteiger partial charge in [-0.2, -0.15) is 0 Å². The number of allylic oxidation sites excluding steroid dienone is 2. The average molecular weight is 373 g/mol. The average Bonchev–Trinajstić information content (AvgIpc) is 2.69. The smallest absolute Gasteiger partial charge is 0.106 e. The maximum atomic E-state index is 6.32. The Hall–Kier alpha value is -2.35. The number of benzene rings is 1. The molecule has 0 spiro atoms. The zero-order chi connectivity index (χ0) is 17.9. The van der Waals surface area contributed by atoms with Gasteiger partial charge in [-0.1, -0.05) is 29.0 Å². The molecule has 2 unspecified atom stereocenters. The van der Waals surface area contributed by atoms with E-state index in [1.807, 2.05) is 30.5 Å². The third-order valence-corrected chi connectivity index (χ3v) is 5.10. The summed E-state index contributed by atoms with van der Waals surface area (Å²) in [6.45, 7) is 3.30. The summed E-state index contributed by atoms with van der Waals surface area (Å²) in [5, 5.41) is 14.7. The Morgan fingerprint density at radius 1 is 1.27 bits per heavy atom. The summed E-state index contributed by atoms with van der Waals surface area (Å²) in [6, 6.07) is 5.82. The van der Waals surface area contributed by atoms with Gasteiger partial charge in [0.15, 0.2) is 0 Å². The summed E-state index contributed by atoms with van der Waals surface area (Å²) in [6.07, 6.45) is 8.50. The predicted molar refractivity (Wildman–Crippen MR) is 102 cm³/mol. The minimum atomic E-state index is 0.114. The van der Waals surface area contributed by atoms with Crippen LogP contribution in [0.3, 0.4) is 0 Å². The van der Waals surface area contributed by atoms with Crippen LogP contribution in [0.1, 0.15) is 5.56 Å². The van der Waals surface area contributed by atoms with E-state index in [0.717, 1.165) is 37.6 Å². The quantitative estimate of drug-likeness (QED) is 0.430. The molecular weight excluding hydrogens is 352 g/mol. The first-order valence-corrected chi connectivity index (χ1v) is 8.98. The summed E-state index contributed by atoms with van der Waals surface area (Å²) >= 11 is 6.32. The van der Waals surface area contributed by atoms with Crippen molar-refractivity contribution in [2.45, 2.75) is 12.2 Å². The van der Waals surface area contributed by atoms with Gasteiger partial charge in [-0.3, -0.25) is 4.90 Å². The maximum absolute atomic E-state index is 6.32. The van der Waals surface area contributed by atoms with Gasteiger partial charge < -0.3 is 21.2 Å². The lowest BCUT2D eigenvalue weighted by Gasteiger charge is -2.42. The molecule has 1 fully saturated rings. The fraction of sp³-hybridized carbons (Fsp3) is 0.333. The summed E-state index contributed by atoms with van der Waals surface area (Å²) in [7, 11) is 0. The number of hydrogen-bond acceptors (Lipinski definition) is 6. The van der Waals surface area contributed by atoms with Crippen LogP contribution in [-0.4, -0.2) is 43.4 Å². The normalized spacial score (nSPS) is 25.9. The molecule has 136 valence electrons. The first-order valence-electron chi connectivity index (χ1n) is 8.60. The minimum absolute atomic E-state index is 0.114. The van der Waals surface area contributed by atoms with Crippen LogP contribution in [0.2, 0.25) is 5.02 Å². The number of hydrogen-bond donors (Lipinski definition) is 3. The van der Waals surface area contributed by atoms with Gasteiger partial charge in [0.2, 0.25) is 0 Å². The van der Waals surface area contributed by atoms with E-state index in [1.54, 1.807) is 0 Å². The van der Waals surface area contributed by atoms with Crippen molar-refractivity contribution in [2.75, 3.05) is 26.3 Å². The molecule has 3 heterocycles. The lowest BCUT2D eigenvalue weighted by Crippen LogP contribution is -2.56. The van der Waals surface area contributed by atoms with Crippen molar-refractivity contribution in [3.8, 4) is 0 Å². The van der Waals surface area contributed by atoms with Crippen LogP contribution in [0.15, 0.2) is 58.5 Å². The molecule has 3 aliphatic rings. The van der Waals surface area contributed by atoms with Gasteiger partial charge in [0.05, 0.1) is 24.3 Å². The topological polar surface area (TPSA) is 87.3 Å². The van der Waals surface area contributed by atoms with Crippen LogP contribution >= 0.6 is 11.6 Å². The number of fused-ring (bicyclic) bond motifs is 1. The van der Waals surface area contributed by atoms with Gasteiger partial charge in [0.25, 0.3) is 0 Å². The van der Waals surface area contributed by atoms with Crippen molar-refractivity contribution in [3.05, 3.63) is 58.8 Å². The second-order valence-corrected chi connectivity index (χ2v) is 6.73. The minimum Gasteiger partial charge on any atom is -0.381 e. The van der Waals surface area contributed by atoms with Crippen molar-refractivity contribution in [2.24, 2.45) is 16.2 Å². The number of nitrogens with one attached hydrogen (secondary N) is 2. The summed E-state index contributed by atoms with van der Waals surface area (Å²) in [5.41, 5.74) is 3.89. The van der Waals surface area contributed by atoms with E-state index in [0.29, 0.717) is 10.7 Å². The molecule has 0 bridgehead atoms. The number of nitrogens with two attached hydrogens (primary N) is 1. The van der Waals surface area contributed by atoms with E-state index >= 15 is 0 Å². The Morgan fingerprint density at radius 3 is 2.88 bits per heavy atom. The number of nitrogens with zero attached hydrogens (tertiary/aromatic N) is 3. The molecule has 1 aromatic rings. The molecule has 4 N–H and O–H groups in total. The zero-order valence-electron chi connectivity index (χ0n) is 14.2. The molecule has 0 aromatic heterocycles. The largest absolute Gasteiger partial charge is 0.381 e. The third kappa shape index (κ3) is 3.33. The second-order valence-electron chi connectivity index (χ2n) is 6.33. The van der Waals surface area contributed by atoms with Crippen LogP contribution < -0.4 is 16.5 Å². The van der Waals surface area contributed by atoms with Crippen LogP contribution in [0, 0.1) is 0 Å². The van der Waals surface area contributed by atoms with Crippen molar-refractivity contribution < 1.29 is 4.74 Å². The zero-order valence-corrected chi connectivity index (χ0v) is 15.0. The van der Waals surface area contributed by atoms with E-state index < -0.39 is 0 Å². The van der Waals surface area contributed by atoms with Gasteiger partial charge in [0.1, 0.15) is 11.9 Å². The Morgan fingerprint density at radius 2 is 2.12 bits per heavy atom. The van der Waals surface area contributed by atoms with Crippen molar-refractivity contribution >= 4 is 23.0 Å². The first kappa shape index (κ1) is 17.1. The lowest BCUT2D eigenvalue weighted by molar-refractivity contribution is 0.0188. The van der Waals surface area contributed by atoms with Gasteiger partial charge in [-0.05, 0) is 41.6 Å². The van der Waals surface area contributed by atoms with E-state index in [-0.39, 0.29) is 12.2 Å². The Labute approximate surface area is 157 Å². The van der Waals surface area contributed by atoms with Gasteiger partial charge >= 0.3 is 0 Å². The molecule has 26 heavy (non-hydrogen) atoms. The van der Waals surface area contributed by atoms with Gasteiger partial charge in [-0.15, -0.1) is 5.11 Å². The van der Waals surface area contributed by atoms with E-state index in [4.69, 9.17) is 22.2 Å². The molecular formula is C18H21ClN6O.